The van der Waals surface area contributed by atoms with Crippen LogP contribution in [-0.4, -0.2) is 46.6 Å². The number of piperidine rings is 1. The second kappa shape index (κ2) is 8.72. The molecule has 4 rings (SSSR count). The van der Waals surface area contributed by atoms with Crippen LogP contribution in [-0.2, 0) is 22.7 Å². The zero-order valence-corrected chi connectivity index (χ0v) is 18.5. The molecule has 0 saturated carbocycles. The fourth-order valence-electron chi connectivity index (χ4n) is 4.05. The molecule has 1 unspecified atom stereocenters. The van der Waals surface area contributed by atoms with Gasteiger partial charge in [-0.2, -0.15) is 0 Å². The monoisotopic (exact) mass is 454 g/mol. The van der Waals surface area contributed by atoms with Gasteiger partial charge in [0, 0.05) is 42.8 Å². The molecule has 1 atom stereocenters. The van der Waals surface area contributed by atoms with Crippen molar-refractivity contribution in [2.45, 2.75) is 38.9 Å². The highest BCUT2D eigenvalue weighted by atomic mass is 35.5. The van der Waals surface area contributed by atoms with E-state index in [2.05, 4.69) is 10.6 Å². The zero-order chi connectivity index (χ0) is 23.0. The summed E-state index contributed by atoms with van der Waals surface area (Å²) in [5, 5.41) is 5.58. The first-order chi connectivity index (χ1) is 15.2. The molecule has 2 heterocycles. The Balaban J connectivity index is 1.49. The number of carbonyl (C=O) groups is 4. The summed E-state index contributed by atoms with van der Waals surface area (Å²) in [6.45, 7) is 2.75. The van der Waals surface area contributed by atoms with Crippen LogP contribution in [0.1, 0.15) is 39.9 Å². The number of nitrogens with one attached hydrogen (secondary N) is 2. The summed E-state index contributed by atoms with van der Waals surface area (Å²) in [4.78, 5) is 52.5. The van der Waals surface area contributed by atoms with Crippen LogP contribution in [0.5, 0.6) is 0 Å². The number of urea groups is 1. The predicted octanol–water partition coefficient (Wildman–Crippen LogP) is 3.07. The van der Waals surface area contributed by atoms with E-state index in [1.54, 1.807) is 30.3 Å². The van der Waals surface area contributed by atoms with Gasteiger partial charge in [-0.1, -0.05) is 29.8 Å². The molecule has 1 saturated heterocycles. The Bertz CT molecular complexity index is 1130. The van der Waals surface area contributed by atoms with Gasteiger partial charge in [-0.05, 0) is 48.2 Å². The number of hydrogen-bond donors (Lipinski definition) is 2. The molecule has 2 aromatic carbocycles. The summed E-state index contributed by atoms with van der Waals surface area (Å²) >= 11 is 6.11. The number of hydrogen-bond acceptors (Lipinski definition) is 5. The van der Waals surface area contributed by atoms with Gasteiger partial charge in [0.25, 0.3) is 5.91 Å². The van der Waals surface area contributed by atoms with E-state index in [0.29, 0.717) is 42.2 Å². The summed E-state index contributed by atoms with van der Waals surface area (Å²) in [5.74, 6) is -1.01. The van der Waals surface area contributed by atoms with E-state index < -0.39 is 18.0 Å². The Labute approximate surface area is 190 Å². The van der Waals surface area contributed by atoms with E-state index in [0.717, 1.165) is 21.6 Å². The molecule has 5 amide bonds. The van der Waals surface area contributed by atoms with Crippen molar-refractivity contribution in [2.24, 2.45) is 0 Å². The largest absolute Gasteiger partial charge is 0.328 e. The average Bonchev–Trinajstić information content (AvgIpc) is 3.19. The minimum absolute atomic E-state index is 0.263. The molecule has 1 fully saturated rings. The van der Waals surface area contributed by atoms with Crippen molar-refractivity contribution < 1.29 is 19.2 Å². The molecular formula is C23H23ClN4O4. The molecule has 0 aliphatic carbocycles. The molecule has 166 valence electrons. The first-order valence-electron chi connectivity index (χ1n) is 10.3. The van der Waals surface area contributed by atoms with Crippen LogP contribution < -0.4 is 10.6 Å². The highest BCUT2D eigenvalue weighted by Gasteiger charge is 2.36. The van der Waals surface area contributed by atoms with E-state index in [-0.39, 0.29) is 11.8 Å². The normalized spacial score (nSPS) is 18.2. The number of fused-ring (bicyclic) bond motifs is 1. The highest BCUT2D eigenvalue weighted by Crippen LogP contribution is 2.30. The van der Waals surface area contributed by atoms with Gasteiger partial charge < -0.3 is 5.32 Å². The maximum atomic E-state index is 13.1. The second-order valence-electron chi connectivity index (χ2n) is 8.07. The molecule has 2 aliphatic rings. The van der Waals surface area contributed by atoms with E-state index in [4.69, 9.17) is 11.6 Å². The van der Waals surface area contributed by atoms with Crippen LogP contribution in [0.3, 0.4) is 0 Å². The number of anilines is 1. The molecule has 2 aromatic rings. The lowest BCUT2D eigenvalue weighted by atomic mass is 10.0. The van der Waals surface area contributed by atoms with Crippen LogP contribution in [0, 0.1) is 6.92 Å². The Morgan fingerprint density at radius 1 is 1.19 bits per heavy atom. The number of imide groups is 2. The molecule has 2 aliphatic heterocycles. The first-order valence-corrected chi connectivity index (χ1v) is 10.7. The van der Waals surface area contributed by atoms with Gasteiger partial charge in [0.15, 0.2) is 0 Å². The molecule has 0 radical (unpaired) electrons. The lowest BCUT2D eigenvalue weighted by molar-refractivity contribution is -0.137. The summed E-state index contributed by atoms with van der Waals surface area (Å²) < 4.78 is 0. The number of amides is 5. The van der Waals surface area contributed by atoms with E-state index in [1.807, 2.05) is 17.9 Å². The Morgan fingerprint density at radius 2 is 1.97 bits per heavy atom. The van der Waals surface area contributed by atoms with Gasteiger partial charge in [-0.15, -0.1) is 0 Å². The van der Waals surface area contributed by atoms with E-state index in [9.17, 15) is 19.2 Å². The van der Waals surface area contributed by atoms with E-state index >= 15 is 0 Å². The number of carbonyl (C=O) groups excluding carboxylic acids is 4. The van der Waals surface area contributed by atoms with Crippen molar-refractivity contribution in [3.63, 3.8) is 0 Å². The average molecular weight is 455 g/mol. The molecule has 2 N–H and O–H groups in total. The standard InChI is InChI=1S/C23H23ClN4O4/c1-13-6-7-15(10-18(13)24)25-23(32)27(2)22(31)16-5-3-4-14-11-28(12-17(14)16)19-8-9-20(29)26-21(19)30/h3-7,10,19H,8-9,11-12H2,1-2H3,(H,25,32)(H,26,29,30). The summed E-state index contributed by atoms with van der Waals surface area (Å²) in [7, 11) is 1.42. The quantitative estimate of drug-likeness (QED) is 0.694. The van der Waals surface area contributed by atoms with Crippen molar-refractivity contribution in [2.75, 3.05) is 12.4 Å². The molecule has 0 aromatic heterocycles. The van der Waals surface area contributed by atoms with Crippen LogP contribution in [0.4, 0.5) is 10.5 Å². The smallest absolute Gasteiger partial charge is 0.307 e. The molecular weight excluding hydrogens is 432 g/mol. The van der Waals surface area contributed by atoms with Crippen LogP contribution in [0.25, 0.3) is 0 Å². The van der Waals surface area contributed by atoms with Crippen molar-refractivity contribution in [1.29, 1.82) is 0 Å². The minimum atomic E-state index is -0.576. The Morgan fingerprint density at radius 3 is 2.69 bits per heavy atom. The third kappa shape index (κ3) is 4.24. The highest BCUT2D eigenvalue weighted by molar-refractivity contribution is 6.31. The minimum Gasteiger partial charge on any atom is -0.307 e. The number of rotatable bonds is 3. The summed E-state index contributed by atoms with van der Waals surface area (Å²) in [5.41, 5.74) is 3.51. The number of benzene rings is 2. The fourth-order valence-corrected chi connectivity index (χ4v) is 4.23. The van der Waals surface area contributed by atoms with Gasteiger partial charge in [0.1, 0.15) is 0 Å². The number of halogens is 1. The Kier molecular flexibility index (Phi) is 5.99. The topological polar surface area (TPSA) is 98.8 Å². The lowest BCUT2D eigenvalue weighted by Crippen LogP contribution is -2.50. The number of nitrogens with zero attached hydrogens (tertiary/aromatic N) is 2. The van der Waals surface area contributed by atoms with Crippen molar-refractivity contribution in [1.82, 2.24) is 15.1 Å². The third-order valence-corrected chi connectivity index (χ3v) is 6.33. The SMILES string of the molecule is Cc1ccc(NC(=O)N(C)C(=O)c2cccc3c2CN(C2CCC(=O)NC2=O)C3)cc1Cl. The van der Waals surface area contributed by atoms with Crippen molar-refractivity contribution in [3.05, 3.63) is 63.7 Å². The van der Waals surface area contributed by atoms with Gasteiger partial charge in [0.2, 0.25) is 11.8 Å². The first kappa shape index (κ1) is 22.0. The second-order valence-corrected chi connectivity index (χ2v) is 8.48. The van der Waals surface area contributed by atoms with Gasteiger partial charge in [0.05, 0.1) is 6.04 Å². The van der Waals surface area contributed by atoms with E-state index in [1.165, 1.54) is 7.05 Å². The summed E-state index contributed by atoms with van der Waals surface area (Å²) in [6.07, 6.45) is 0.740. The maximum absolute atomic E-state index is 13.1. The fraction of sp³-hybridized carbons (Fsp3) is 0.304. The van der Waals surface area contributed by atoms with Gasteiger partial charge >= 0.3 is 6.03 Å². The molecule has 32 heavy (non-hydrogen) atoms. The van der Waals surface area contributed by atoms with Crippen LogP contribution in [0.2, 0.25) is 5.02 Å². The molecule has 0 bridgehead atoms. The summed E-state index contributed by atoms with van der Waals surface area (Å²) in [6, 6.07) is 9.50. The molecule has 0 spiro atoms. The van der Waals surface area contributed by atoms with Gasteiger partial charge in [-0.3, -0.25) is 29.5 Å². The lowest BCUT2D eigenvalue weighted by Gasteiger charge is -2.29. The molecule has 8 nitrogen and oxygen atoms in total. The van der Waals surface area contributed by atoms with Gasteiger partial charge in [-0.25, -0.2) is 4.79 Å². The van der Waals surface area contributed by atoms with Crippen LogP contribution >= 0.6 is 11.6 Å². The maximum Gasteiger partial charge on any atom is 0.328 e. The Hall–Kier alpha value is -3.23. The van der Waals surface area contributed by atoms with Crippen LogP contribution in [0.15, 0.2) is 36.4 Å². The zero-order valence-electron chi connectivity index (χ0n) is 17.8. The van der Waals surface area contributed by atoms with Crippen molar-refractivity contribution >= 4 is 41.0 Å². The third-order valence-electron chi connectivity index (χ3n) is 5.92. The van der Waals surface area contributed by atoms with Crippen molar-refractivity contribution in [3.8, 4) is 0 Å². The predicted molar refractivity (Wildman–Crippen MR) is 119 cm³/mol. The number of aryl methyl sites for hydroxylation is 1. The molecule has 9 heteroatoms.